The Balaban J connectivity index is 2.18. The molecule has 0 spiro atoms. The van der Waals surface area contributed by atoms with Crippen LogP contribution in [0.3, 0.4) is 0 Å². The van der Waals surface area contributed by atoms with Crippen molar-refractivity contribution < 1.29 is 13.5 Å². The lowest BCUT2D eigenvalue weighted by atomic mass is 10.1. The molecule has 1 fully saturated rings. The van der Waals surface area contributed by atoms with Crippen LogP contribution in [0.4, 0.5) is 8.78 Å². The summed E-state index contributed by atoms with van der Waals surface area (Å²) >= 11 is 0. The Morgan fingerprint density at radius 1 is 1.25 bits per heavy atom. The fraction of sp³-hybridized carbons (Fsp3) is 0.333. The normalized spacial score (nSPS) is 21.0. The lowest BCUT2D eigenvalue weighted by Gasteiger charge is -1.98. The topological polar surface area (TPSA) is 12.5 Å². The lowest BCUT2D eigenvalue weighted by molar-refractivity contribution is 0.407. The molecule has 0 aliphatic carbocycles. The number of hydrogen-bond acceptors (Lipinski definition) is 1. The van der Waals surface area contributed by atoms with E-state index in [4.69, 9.17) is 4.74 Å². The van der Waals surface area contributed by atoms with Crippen molar-refractivity contribution in [3.05, 3.63) is 35.4 Å². The second kappa shape index (κ2) is 2.83. The summed E-state index contributed by atoms with van der Waals surface area (Å²) < 4.78 is 30.2. The standard InChI is InChI=1S/C9H8F2O/c10-7-1-6(2-8(11)4-7)3-9-5-12-9/h1-2,4,9H,3,5H2. The van der Waals surface area contributed by atoms with Gasteiger partial charge in [-0.05, 0) is 17.7 Å². The van der Waals surface area contributed by atoms with Crippen LogP contribution in [0.5, 0.6) is 0 Å². The van der Waals surface area contributed by atoms with Crippen molar-refractivity contribution in [1.29, 1.82) is 0 Å². The average Bonchev–Trinajstić information content (AvgIpc) is 2.68. The van der Waals surface area contributed by atoms with E-state index < -0.39 is 11.6 Å². The molecule has 0 aromatic heterocycles. The van der Waals surface area contributed by atoms with Crippen LogP contribution in [-0.4, -0.2) is 12.7 Å². The molecule has 64 valence electrons. The van der Waals surface area contributed by atoms with Gasteiger partial charge >= 0.3 is 0 Å². The van der Waals surface area contributed by atoms with E-state index in [9.17, 15) is 8.78 Å². The molecule has 1 aliphatic heterocycles. The summed E-state index contributed by atoms with van der Waals surface area (Å²) in [6.45, 7) is 0.706. The Bertz CT molecular complexity index is 274. The van der Waals surface area contributed by atoms with Crippen molar-refractivity contribution in [3.63, 3.8) is 0 Å². The fourth-order valence-corrected chi connectivity index (χ4v) is 1.18. The van der Waals surface area contributed by atoms with Gasteiger partial charge in [0, 0.05) is 12.5 Å². The van der Waals surface area contributed by atoms with E-state index in [1.165, 1.54) is 12.1 Å². The third kappa shape index (κ3) is 1.80. The molecule has 0 saturated carbocycles. The van der Waals surface area contributed by atoms with Gasteiger partial charge in [-0.3, -0.25) is 0 Å². The highest BCUT2D eigenvalue weighted by molar-refractivity contribution is 5.19. The Kier molecular flexibility index (Phi) is 1.81. The molecule has 0 N–H and O–H groups in total. The number of halogens is 2. The summed E-state index contributed by atoms with van der Waals surface area (Å²) in [5.74, 6) is -1.05. The molecule has 1 heterocycles. The van der Waals surface area contributed by atoms with Crippen molar-refractivity contribution in [2.45, 2.75) is 12.5 Å². The van der Waals surface area contributed by atoms with E-state index in [0.717, 1.165) is 6.07 Å². The van der Waals surface area contributed by atoms with E-state index in [1.54, 1.807) is 0 Å². The second-order valence-corrected chi connectivity index (χ2v) is 2.94. The highest BCUT2D eigenvalue weighted by Crippen LogP contribution is 2.17. The SMILES string of the molecule is Fc1cc(F)cc(CC2CO2)c1. The quantitative estimate of drug-likeness (QED) is 0.617. The molecule has 1 atom stereocenters. The lowest BCUT2D eigenvalue weighted by Crippen LogP contribution is -1.94. The predicted molar refractivity (Wildman–Crippen MR) is 39.8 cm³/mol. The van der Waals surface area contributed by atoms with Gasteiger partial charge in [-0.1, -0.05) is 0 Å². The molecule has 1 unspecified atom stereocenters. The van der Waals surface area contributed by atoms with E-state index in [2.05, 4.69) is 0 Å². The molecular weight excluding hydrogens is 162 g/mol. The first-order valence-corrected chi connectivity index (χ1v) is 3.80. The number of rotatable bonds is 2. The van der Waals surface area contributed by atoms with Crippen LogP contribution >= 0.6 is 0 Å². The van der Waals surface area contributed by atoms with Gasteiger partial charge < -0.3 is 4.74 Å². The molecule has 1 nitrogen and oxygen atoms in total. The molecule has 1 saturated heterocycles. The van der Waals surface area contributed by atoms with Gasteiger partial charge in [0.15, 0.2) is 0 Å². The van der Waals surface area contributed by atoms with Crippen LogP contribution in [0.25, 0.3) is 0 Å². The van der Waals surface area contributed by atoms with Crippen molar-refractivity contribution in [3.8, 4) is 0 Å². The largest absolute Gasteiger partial charge is 0.373 e. The maximum atomic E-state index is 12.6. The molecule has 1 aliphatic rings. The Hall–Kier alpha value is -0.960. The van der Waals surface area contributed by atoms with Crippen molar-refractivity contribution in [2.75, 3.05) is 6.61 Å². The summed E-state index contributed by atoms with van der Waals surface area (Å²) in [6, 6.07) is 3.55. The summed E-state index contributed by atoms with van der Waals surface area (Å²) in [4.78, 5) is 0. The minimum Gasteiger partial charge on any atom is -0.373 e. The second-order valence-electron chi connectivity index (χ2n) is 2.94. The summed E-state index contributed by atoms with van der Waals surface area (Å²) in [7, 11) is 0. The van der Waals surface area contributed by atoms with E-state index in [1.807, 2.05) is 0 Å². The first-order chi connectivity index (χ1) is 5.74. The zero-order chi connectivity index (χ0) is 8.55. The summed E-state index contributed by atoms with van der Waals surface area (Å²) in [5.41, 5.74) is 0.662. The number of benzene rings is 1. The third-order valence-corrected chi connectivity index (χ3v) is 1.79. The number of epoxide rings is 1. The van der Waals surface area contributed by atoms with Gasteiger partial charge in [-0.25, -0.2) is 8.78 Å². The fourth-order valence-electron chi connectivity index (χ4n) is 1.18. The van der Waals surface area contributed by atoms with Gasteiger partial charge in [-0.15, -0.1) is 0 Å². The van der Waals surface area contributed by atoms with Gasteiger partial charge in [0.25, 0.3) is 0 Å². The summed E-state index contributed by atoms with van der Waals surface area (Å²) in [6.07, 6.45) is 0.778. The third-order valence-electron chi connectivity index (χ3n) is 1.79. The van der Waals surface area contributed by atoms with Crippen LogP contribution in [0, 0.1) is 11.6 Å². The number of ether oxygens (including phenoxy) is 1. The van der Waals surface area contributed by atoms with Crippen molar-refractivity contribution in [2.24, 2.45) is 0 Å². The smallest absolute Gasteiger partial charge is 0.126 e. The molecule has 3 heteroatoms. The number of hydrogen-bond donors (Lipinski definition) is 0. The van der Waals surface area contributed by atoms with Crippen LogP contribution in [0.1, 0.15) is 5.56 Å². The molecule has 0 amide bonds. The first kappa shape index (κ1) is 7.68. The summed E-state index contributed by atoms with van der Waals surface area (Å²) in [5, 5.41) is 0. The molecule has 1 aromatic rings. The van der Waals surface area contributed by atoms with Crippen LogP contribution < -0.4 is 0 Å². The Morgan fingerprint density at radius 2 is 1.83 bits per heavy atom. The van der Waals surface area contributed by atoms with Crippen molar-refractivity contribution >= 4 is 0 Å². The molecule has 0 radical (unpaired) electrons. The molecule has 1 aromatic carbocycles. The monoisotopic (exact) mass is 170 g/mol. The van der Waals surface area contributed by atoms with Gasteiger partial charge in [0.1, 0.15) is 11.6 Å². The highest BCUT2D eigenvalue weighted by Gasteiger charge is 2.22. The minimum atomic E-state index is -0.523. The van der Waals surface area contributed by atoms with Gasteiger partial charge in [0.05, 0.1) is 12.7 Å². The predicted octanol–water partition coefficient (Wildman–Crippen LogP) is 1.91. The average molecular weight is 170 g/mol. The zero-order valence-corrected chi connectivity index (χ0v) is 6.39. The van der Waals surface area contributed by atoms with E-state index in [0.29, 0.717) is 18.6 Å². The van der Waals surface area contributed by atoms with E-state index >= 15 is 0 Å². The van der Waals surface area contributed by atoms with Gasteiger partial charge in [0.2, 0.25) is 0 Å². The molecule has 2 rings (SSSR count). The van der Waals surface area contributed by atoms with E-state index in [-0.39, 0.29) is 6.10 Å². The molecule has 0 bridgehead atoms. The highest BCUT2D eigenvalue weighted by atomic mass is 19.1. The van der Waals surface area contributed by atoms with Crippen LogP contribution in [0.15, 0.2) is 18.2 Å². The Labute approximate surface area is 69.0 Å². The van der Waals surface area contributed by atoms with Gasteiger partial charge in [-0.2, -0.15) is 0 Å². The first-order valence-electron chi connectivity index (χ1n) is 3.80. The van der Waals surface area contributed by atoms with Crippen LogP contribution in [0.2, 0.25) is 0 Å². The minimum absolute atomic E-state index is 0.172. The maximum absolute atomic E-state index is 12.6. The molecule has 12 heavy (non-hydrogen) atoms. The van der Waals surface area contributed by atoms with Crippen molar-refractivity contribution in [1.82, 2.24) is 0 Å². The van der Waals surface area contributed by atoms with Crippen LogP contribution in [-0.2, 0) is 11.2 Å². The maximum Gasteiger partial charge on any atom is 0.126 e. The molecular formula is C9H8F2O. The Morgan fingerprint density at radius 3 is 2.33 bits per heavy atom. The zero-order valence-electron chi connectivity index (χ0n) is 6.39.